The monoisotopic (exact) mass is 376 g/mol. The van der Waals surface area contributed by atoms with E-state index in [0.717, 1.165) is 11.1 Å². The van der Waals surface area contributed by atoms with Gasteiger partial charge < -0.3 is 10.1 Å². The fraction of sp³-hybridized carbons (Fsp3) is 0.316. The maximum absolute atomic E-state index is 12.5. The van der Waals surface area contributed by atoms with Crippen molar-refractivity contribution in [2.75, 3.05) is 13.7 Å². The van der Waals surface area contributed by atoms with Crippen LogP contribution in [0, 0.1) is 6.92 Å². The molecule has 0 radical (unpaired) electrons. The summed E-state index contributed by atoms with van der Waals surface area (Å²) in [6.45, 7) is 5.86. The standard InChI is InChI=1S/C19H24N2O4S/c1-5-20-26(23,24)16-9-7-15(8-10-16)19(22)21-14(3)17-12-13(2)6-11-18(17)25-4/h6-12,14,20H,5H2,1-4H3,(H,21,22)/t14-/m0/s1. The van der Waals surface area contributed by atoms with Crippen molar-refractivity contribution in [3.63, 3.8) is 0 Å². The van der Waals surface area contributed by atoms with Gasteiger partial charge in [0.2, 0.25) is 10.0 Å². The number of carbonyl (C=O) groups excluding carboxylic acids is 1. The van der Waals surface area contributed by atoms with Crippen molar-refractivity contribution in [3.05, 3.63) is 59.2 Å². The number of ether oxygens (including phenoxy) is 1. The Bertz CT molecular complexity index is 877. The van der Waals surface area contributed by atoms with Crippen LogP contribution in [0.4, 0.5) is 0 Å². The van der Waals surface area contributed by atoms with Crippen LogP contribution in [0.5, 0.6) is 5.75 Å². The van der Waals surface area contributed by atoms with Gasteiger partial charge in [-0.2, -0.15) is 0 Å². The molecule has 0 aliphatic carbocycles. The first-order valence-electron chi connectivity index (χ1n) is 8.33. The smallest absolute Gasteiger partial charge is 0.251 e. The summed E-state index contributed by atoms with van der Waals surface area (Å²) in [7, 11) is -1.94. The van der Waals surface area contributed by atoms with Gasteiger partial charge in [-0.05, 0) is 44.2 Å². The number of amides is 1. The lowest BCUT2D eigenvalue weighted by atomic mass is 10.0. The molecule has 2 N–H and O–H groups in total. The Labute approximate surface area is 154 Å². The molecule has 0 heterocycles. The summed E-state index contributed by atoms with van der Waals surface area (Å²) < 4.78 is 31.7. The Morgan fingerprint density at radius 1 is 1.15 bits per heavy atom. The number of nitrogens with one attached hydrogen (secondary N) is 2. The Balaban J connectivity index is 2.16. The van der Waals surface area contributed by atoms with Crippen LogP contribution in [0.1, 0.15) is 41.4 Å². The third-order valence-corrected chi connectivity index (χ3v) is 5.52. The molecule has 2 aromatic rings. The molecule has 6 nitrogen and oxygen atoms in total. The number of rotatable bonds is 7. The molecule has 26 heavy (non-hydrogen) atoms. The van der Waals surface area contributed by atoms with Crippen molar-refractivity contribution in [2.24, 2.45) is 0 Å². The minimum Gasteiger partial charge on any atom is -0.496 e. The largest absolute Gasteiger partial charge is 0.496 e. The highest BCUT2D eigenvalue weighted by Gasteiger charge is 2.17. The molecule has 1 amide bonds. The second-order valence-electron chi connectivity index (χ2n) is 5.97. The average molecular weight is 376 g/mol. The molecule has 0 saturated carbocycles. The molecule has 140 valence electrons. The van der Waals surface area contributed by atoms with Crippen molar-refractivity contribution in [2.45, 2.75) is 31.7 Å². The number of methoxy groups -OCH3 is 1. The highest BCUT2D eigenvalue weighted by molar-refractivity contribution is 7.89. The van der Waals surface area contributed by atoms with E-state index >= 15 is 0 Å². The van der Waals surface area contributed by atoms with Crippen LogP contribution in [0.25, 0.3) is 0 Å². The molecular formula is C19H24N2O4S. The molecule has 2 aromatic carbocycles. The quantitative estimate of drug-likeness (QED) is 0.778. The summed E-state index contributed by atoms with van der Waals surface area (Å²) >= 11 is 0. The van der Waals surface area contributed by atoms with Gasteiger partial charge in [0, 0.05) is 17.7 Å². The predicted octanol–water partition coefficient (Wildman–Crippen LogP) is 2.79. The van der Waals surface area contributed by atoms with E-state index in [2.05, 4.69) is 10.0 Å². The first-order valence-corrected chi connectivity index (χ1v) is 9.82. The van der Waals surface area contributed by atoms with Crippen LogP contribution in [0.2, 0.25) is 0 Å². The van der Waals surface area contributed by atoms with Gasteiger partial charge >= 0.3 is 0 Å². The summed E-state index contributed by atoms with van der Waals surface area (Å²) in [5.41, 5.74) is 2.34. The molecular weight excluding hydrogens is 352 g/mol. The number of aryl methyl sites for hydroxylation is 1. The summed E-state index contributed by atoms with van der Waals surface area (Å²) in [6, 6.07) is 11.4. The third kappa shape index (κ3) is 4.62. The lowest BCUT2D eigenvalue weighted by molar-refractivity contribution is 0.0939. The van der Waals surface area contributed by atoms with Crippen LogP contribution in [-0.2, 0) is 10.0 Å². The van der Waals surface area contributed by atoms with Crippen LogP contribution >= 0.6 is 0 Å². The van der Waals surface area contributed by atoms with Crippen molar-refractivity contribution in [3.8, 4) is 5.75 Å². The van der Waals surface area contributed by atoms with Crippen LogP contribution in [0.15, 0.2) is 47.4 Å². The average Bonchev–Trinajstić information content (AvgIpc) is 2.61. The predicted molar refractivity (Wildman–Crippen MR) is 101 cm³/mol. The van der Waals surface area contributed by atoms with Crippen molar-refractivity contribution in [1.82, 2.24) is 10.0 Å². The van der Waals surface area contributed by atoms with Crippen molar-refractivity contribution < 1.29 is 17.9 Å². The minimum absolute atomic E-state index is 0.129. The molecule has 0 aromatic heterocycles. The Morgan fingerprint density at radius 3 is 2.38 bits per heavy atom. The second-order valence-corrected chi connectivity index (χ2v) is 7.73. The van der Waals surface area contributed by atoms with E-state index in [1.54, 1.807) is 14.0 Å². The van der Waals surface area contributed by atoms with E-state index in [-0.39, 0.29) is 16.8 Å². The van der Waals surface area contributed by atoms with Gasteiger partial charge in [-0.3, -0.25) is 4.79 Å². The van der Waals surface area contributed by atoms with Gasteiger partial charge in [0.25, 0.3) is 5.91 Å². The molecule has 0 spiro atoms. The molecule has 0 fully saturated rings. The zero-order chi connectivity index (χ0) is 19.3. The molecule has 0 saturated heterocycles. The maximum Gasteiger partial charge on any atom is 0.251 e. The third-order valence-electron chi connectivity index (χ3n) is 3.96. The summed E-state index contributed by atoms with van der Waals surface area (Å²) in [4.78, 5) is 12.6. The SMILES string of the molecule is CCNS(=O)(=O)c1ccc(C(=O)N[C@@H](C)c2cc(C)ccc2OC)cc1. The minimum atomic E-state index is -3.53. The summed E-state index contributed by atoms with van der Waals surface area (Å²) in [6.07, 6.45) is 0. The van der Waals surface area contributed by atoms with Gasteiger partial charge in [0.1, 0.15) is 5.75 Å². The summed E-state index contributed by atoms with van der Waals surface area (Å²) in [5, 5.41) is 2.91. The van der Waals surface area contributed by atoms with E-state index in [1.165, 1.54) is 24.3 Å². The van der Waals surface area contributed by atoms with Crippen molar-refractivity contribution >= 4 is 15.9 Å². The van der Waals surface area contributed by atoms with E-state index in [1.807, 2.05) is 32.0 Å². The van der Waals surface area contributed by atoms with E-state index in [0.29, 0.717) is 17.9 Å². The number of hydrogen-bond donors (Lipinski definition) is 2. The molecule has 0 bridgehead atoms. The Hall–Kier alpha value is -2.38. The molecule has 7 heteroatoms. The normalized spacial score (nSPS) is 12.5. The Kier molecular flexibility index (Phi) is 6.39. The number of hydrogen-bond acceptors (Lipinski definition) is 4. The zero-order valence-corrected chi connectivity index (χ0v) is 16.2. The zero-order valence-electron chi connectivity index (χ0n) is 15.4. The van der Waals surface area contributed by atoms with Crippen LogP contribution in [0.3, 0.4) is 0 Å². The molecule has 0 aliphatic heterocycles. The van der Waals surface area contributed by atoms with E-state index in [9.17, 15) is 13.2 Å². The van der Waals surface area contributed by atoms with Gasteiger partial charge in [-0.25, -0.2) is 13.1 Å². The summed E-state index contributed by atoms with van der Waals surface area (Å²) in [5.74, 6) is 0.420. The van der Waals surface area contributed by atoms with Gasteiger partial charge in [-0.1, -0.05) is 24.6 Å². The molecule has 1 atom stereocenters. The number of sulfonamides is 1. The second kappa shape index (κ2) is 8.33. The number of carbonyl (C=O) groups is 1. The van der Waals surface area contributed by atoms with Gasteiger partial charge in [0.05, 0.1) is 18.0 Å². The highest BCUT2D eigenvalue weighted by atomic mass is 32.2. The fourth-order valence-corrected chi connectivity index (χ4v) is 3.65. The molecule has 0 aliphatic rings. The lowest BCUT2D eigenvalue weighted by Crippen LogP contribution is -2.27. The van der Waals surface area contributed by atoms with E-state index in [4.69, 9.17) is 4.74 Å². The first kappa shape index (κ1) is 19.9. The molecule has 0 unspecified atom stereocenters. The molecule has 2 rings (SSSR count). The number of benzene rings is 2. The van der Waals surface area contributed by atoms with Gasteiger partial charge in [-0.15, -0.1) is 0 Å². The van der Waals surface area contributed by atoms with Crippen LogP contribution in [-0.4, -0.2) is 28.0 Å². The highest BCUT2D eigenvalue weighted by Crippen LogP contribution is 2.26. The first-order chi connectivity index (χ1) is 12.3. The van der Waals surface area contributed by atoms with Crippen molar-refractivity contribution in [1.29, 1.82) is 0 Å². The van der Waals surface area contributed by atoms with E-state index < -0.39 is 10.0 Å². The fourth-order valence-electron chi connectivity index (χ4n) is 2.61. The topological polar surface area (TPSA) is 84.5 Å². The maximum atomic E-state index is 12.5. The van der Waals surface area contributed by atoms with Gasteiger partial charge in [0.15, 0.2) is 0 Å². The lowest BCUT2D eigenvalue weighted by Gasteiger charge is -2.18. The Morgan fingerprint density at radius 2 is 1.81 bits per heavy atom. The van der Waals surface area contributed by atoms with Crippen LogP contribution < -0.4 is 14.8 Å².